The Hall–Kier alpha value is -0.565. The minimum atomic E-state index is -2.35. The molecule has 1 saturated heterocycles. The second kappa shape index (κ2) is 4.48. The number of hydrogen-bond acceptors (Lipinski definition) is 3. The van der Waals surface area contributed by atoms with Gasteiger partial charge in [0.2, 0.25) is 0 Å². The molecule has 1 aliphatic rings. The molecule has 0 bridgehead atoms. The van der Waals surface area contributed by atoms with E-state index in [9.17, 15) is 4.57 Å². The zero-order valence-electron chi connectivity index (χ0n) is 12.6. The molecule has 0 N–H and O–H groups in total. The van der Waals surface area contributed by atoms with Gasteiger partial charge in [-0.2, -0.15) is 0 Å². The van der Waals surface area contributed by atoms with Crippen LogP contribution in [0.4, 0.5) is 0 Å². The van der Waals surface area contributed by atoms with Crippen LogP contribution >= 0.6 is 7.14 Å². The predicted molar refractivity (Wildman–Crippen MR) is 81.2 cm³/mol. The molecule has 5 heteroatoms. The van der Waals surface area contributed by atoms with Crippen LogP contribution < -0.4 is 10.8 Å². The molecule has 1 heterocycles. The zero-order valence-corrected chi connectivity index (χ0v) is 13.5. The summed E-state index contributed by atoms with van der Waals surface area (Å²) in [5.74, 6) is 0. The first-order chi connectivity index (χ1) is 8.55. The molecule has 0 unspecified atom stereocenters. The van der Waals surface area contributed by atoms with E-state index >= 15 is 0 Å². The van der Waals surface area contributed by atoms with Crippen molar-refractivity contribution in [2.45, 2.75) is 38.9 Å². The van der Waals surface area contributed by atoms with Crippen molar-refractivity contribution in [3.63, 3.8) is 0 Å². The average Bonchev–Trinajstić information content (AvgIpc) is 2.47. The van der Waals surface area contributed by atoms with Crippen LogP contribution in [0.5, 0.6) is 0 Å². The van der Waals surface area contributed by atoms with E-state index in [1.807, 2.05) is 52.0 Å². The highest BCUT2D eigenvalue weighted by Crippen LogP contribution is 2.38. The van der Waals surface area contributed by atoms with Gasteiger partial charge in [-0.3, -0.25) is 0 Å². The first-order valence-electron chi connectivity index (χ1n) is 6.55. The van der Waals surface area contributed by atoms with Crippen molar-refractivity contribution in [2.75, 3.05) is 13.3 Å². The molecule has 1 aromatic rings. The lowest BCUT2D eigenvalue weighted by Gasteiger charge is -2.32. The first-order valence-corrected chi connectivity index (χ1v) is 9.15. The summed E-state index contributed by atoms with van der Waals surface area (Å²) in [6.45, 7) is 11.6. The van der Waals surface area contributed by atoms with Gasteiger partial charge < -0.3 is 13.9 Å². The molecule has 1 aromatic carbocycles. The van der Waals surface area contributed by atoms with Crippen LogP contribution in [-0.2, 0) is 13.9 Å². The van der Waals surface area contributed by atoms with Crippen molar-refractivity contribution in [1.82, 2.24) is 0 Å². The minimum absolute atomic E-state index is 0.379. The fraction of sp³-hybridized carbons (Fsp3) is 0.571. The van der Waals surface area contributed by atoms with E-state index in [1.165, 1.54) is 0 Å². The number of rotatable bonds is 2. The van der Waals surface area contributed by atoms with E-state index < -0.39 is 14.3 Å². The first kappa shape index (κ1) is 14.8. The largest absolute Gasteiger partial charge is 0.495 e. The Morgan fingerprint density at radius 3 is 1.95 bits per heavy atom. The summed E-state index contributed by atoms with van der Waals surface area (Å²) in [4.78, 5) is 0. The fourth-order valence-corrected chi connectivity index (χ4v) is 3.39. The molecule has 1 fully saturated rings. The summed E-state index contributed by atoms with van der Waals surface area (Å²) in [6.07, 6.45) is 0. The summed E-state index contributed by atoms with van der Waals surface area (Å²) >= 11 is 0. The van der Waals surface area contributed by atoms with E-state index in [2.05, 4.69) is 0 Å². The Balaban J connectivity index is 2.44. The van der Waals surface area contributed by atoms with Gasteiger partial charge in [0.25, 0.3) is 0 Å². The molecule has 0 aliphatic carbocycles. The van der Waals surface area contributed by atoms with E-state index in [-0.39, 0.29) is 11.2 Å². The van der Waals surface area contributed by atoms with Gasteiger partial charge in [0, 0.05) is 5.30 Å². The third-order valence-corrected chi connectivity index (χ3v) is 5.59. The monoisotopic (exact) mass is 280 g/mol. The molecule has 0 atom stereocenters. The quantitative estimate of drug-likeness (QED) is 0.615. The topological polar surface area (TPSA) is 35.5 Å². The van der Waals surface area contributed by atoms with Gasteiger partial charge in [-0.15, -0.1) is 0 Å². The van der Waals surface area contributed by atoms with Crippen molar-refractivity contribution in [1.29, 1.82) is 0 Å². The highest BCUT2D eigenvalue weighted by Gasteiger charge is 2.52. The molecular weight excluding hydrogens is 258 g/mol. The van der Waals surface area contributed by atoms with Crippen molar-refractivity contribution in [3.8, 4) is 0 Å². The third-order valence-electron chi connectivity index (χ3n) is 4.02. The van der Waals surface area contributed by atoms with Gasteiger partial charge in [-0.25, -0.2) is 0 Å². The molecule has 0 aromatic heterocycles. The van der Waals surface area contributed by atoms with Gasteiger partial charge in [0.15, 0.2) is 0 Å². The van der Waals surface area contributed by atoms with Gasteiger partial charge >= 0.3 is 7.12 Å². The molecule has 0 amide bonds. The molecular formula is C14H22BO3P. The van der Waals surface area contributed by atoms with E-state index in [4.69, 9.17) is 9.31 Å². The highest BCUT2D eigenvalue weighted by molar-refractivity contribution is 7.70. The lowest BCUT2D eigenvalue weighted by Crippen LogP contribution is -2.42. The van der Waals surface area contributed by atoms with Gasteiger partial charge in [0.1, 0.15) is 7.14 Å². The summed E-state index contributed by atoms with van der Waals surface area (Å²) in [7, 11) is -2.80. The normalized spacial score (nSPS) is 21.7. The molecule has 19 heavy (non-hydrogen) atoms. The Bertz CT molecular complexity index is 517. The Morgan fingerprint density at radius 2 is 1.47 bits per heavy atom. The van der Waals surface area contributed by atoms with E-state index in [1.54, 1.807) is 13.3 Å². The second-order valence-electron chi connectivity index (χ2n) is 6.50. The van der Waals surface area contributed by atoms with Crippen molar-refractivity contribution in [3.05, 3.63) is 24.3 Å². The molecule has 2 rings (SSSR count). The maximum atomic E-state index is 12.4. The maximum absolute atomic E-state index is 12.4. The second-order valence-corrected chi connectivity index (χ2v) is 9.68. The number of hydrogen-bond donors (Lipinski definition) is 0. The molecule has 104 valence electrons. The average molecular weight is 280 g/mol. The Kier molecular flexibility index (Phi) is 3.50. The van der Waals surface area contributed by atoms with Crippen LogP contribution in [0.15, 0.2) is 24.3 Å². The molecule has 0 saturated carbocycles. The summed E-state index contributed by atoms with van der Waals surface area (Å²) in [5.41, 5.74) is 0.126. The van der Waals surface area contributed by atoms with E-state index in [0.717, 1.165) is 10.8 Å². The van der Waals surface area contributed by atoms with Crippen molar-refractivity contribution >= 4 is 25.0 Å². The molecule has 3 nitrogen and oxygen atoms in total. The zero-order chi connectivity index (χ0) is 14.5. The van der Waals surface area contributed by atoms with Crippen LogP contribution in [0.3, 0.4) is 0 Å². The lowest BCUT2D eigenvalue weighted by molar-refractivity contribution is 0.00578. The van der Waals surface area contributed by atoms with Crippen LogP contribution in [0.25, 0.3) is 0 Å². The maximum Gasteiger partial charge on any atom is 0.495 e. The van der Waals surface area contributed by atoms with Gasteiger partial charge in [0.05, 0.1) is 11.2 Å². The van der Waals surface area contributed by atoms with Crippen LogP contribution in [0, 0.1) is 0 Å². The minimum Gasteiger partial charge on any atom is -0.399 e. The smallest absolute Gasteiger partial charge is 0.399 e. The highest BCUT2D eigenvalue weighted by atomic mass is 31.2. The van der Waals surface area contributed by atoms with Crippen molar-refractivity contribution in [2.24, 2.45) is 0 Å². The van der Waals surface area contributed by atoms with Crippen LogP contribution in [-0.4, -0.2) is 31.7 Å². The third kappa shape index (κ3) is 2.67. The molecule has 0 spiro atoms. The lowest BCUT2D eigenvalue weighted by atomic mass is 9.79. The van der Waals surface area contributed by atoms with E-state index in [0.29, 0.717) is 0 Å². The van der Waals surface area contributed by atoms with Crippen LogP contribution in [0.1, 0.15) is 27.7 Å². The number of benzene rings is 1. The predicted octanol–water partition coefficient (Wildman–Crippen LogP) is 2.23. The summed E-state index contributed by atoms with van der Waals surface area (Å²) in [6, 6.07) is 7.68. The summed E-state index contributed by atoms with van der Waals surface area (Å²) in [5, 5.41) is 0.841. The molecule has 1 aliphatic heterocycles. The Labute approximate surface area is 116 Å². The fourth-order valence-electron chi connectivity index (χ4n) is 2.15. The summed E-state index contributed by atoms with van der Waals surface area (Å²) < 4.78 is 24.5. The van der Waals surface area contributed by atoms with Gasteiger partial charge in [-0.05, 0) is 46.5 Å². The SMILES string of the molecule is CC1(C)OB(c2ccccc2P(C)(C)=O)OC1(C)C. The molecule has 0 radical (unpaired) electrons. The Morgan fingerprint density at radius 1 is 1.00 bits per heavy atom. The van der Waals surface area contributed by atoms with Crippen molar-refractivity contribution < 1.29 is 13.9 Å². The standard InChI is InChI=1S/C14H22BO3P/c1-13(2)14(3,4)18-15(17-13)11-9-7-8-10-12(11)19(5,6)16/h7-10H,1-6H3. The van der Waals surface area contributed by atoms with Crippen LogP contribution in [0.2, 0.25) is 0 Å². The van der Waals surface area contributed by atoms with Gasteiger partial charge in [-0.1, -0.05) is 24.3 Å².